The lowest BCUT2D eigenvalue weighted by molar-refractivity contribution is 0.290. The minimum absolute atomic E-state index is 0.0749. The maximum atomic E-state index is 12.0. The second kappa shape index (κ2) is 8.98. The Bertz CT molecular complexity index is 1220. The maximum absolute atomic E-state index is 12.0. The number of pyridine rings is 1. The van der Waals surface area contributed by atoms with E-state index in [1.807, 2.05) is 6.07 Å². The summed E-state index contributed by atoms with van der Waals surface area (Å²) in [5.74, 6) is 1.61. The summed E-state index contributed by atoms with van der Waals surface area (Å²) in [7, 11) is 3.80. The van der Waals surface area contributed by atoms with Gasteiger partial charge in [-0.2, -0.15) is 4.98 Å². The van der Waals surface area contributed by atoms with Crippen LogP contribution in [-0.4, -0.2) is 40.2 Å². The van der Waals surface area contributed by atoms with Crippen molar-refractivity contribution in [2.24, 2.45) is 7.05 Å². The normalized spacial score (nSPS) is 19.0. The summed E-state index contributed by atoms with van der Waals surface area (Å²) in [6, 6.07) is 13.2. The molecule has 2 aliphatic heterocycles. The van der Waals surface area contributed by atoms with Crippen molar-refractivity contribution < 1.29 is 4.74 Å². The first kappa shape index (κ1) is 21.6. The van der Waals surface area contributed by atoms with E-state index in [2.05, 4.69) is 53.4 Å². The van der Waals surface area contributed by atoms with Crippen LogP contribution in [0.15, 0.2) is 47.5 Å². The summed E-state index contributed by atoms with van der Waals surface area (Å²) in [4.78, 5) is 23.4. The molecule has 1 aromatic carbocycles. The van der Waals surface area contributed by atoms with Crippen LogP contribution < -0.4 is 20.5 Å². The number of nitrogens with one attached hydrogen (secondary N) is 1. The molecule has 2 atom stereocenters. The molecule has 2 aliphatic rings. The number of aromatic nitrogens is 3. The first-order chi connectivity index (χ1) is 16.0. The van der Waals surface area contributed by atoms with Gasteiger partial charge in [-0.3, -0.25) is 4.79 Å². The van der Waals surface area contributed by atoms with Crippen molar-refractivity contribution in [2.75, 3.05) is 18.5 Å². The lowest BCUT2D eigenvalue weighted by atomic mass is 9.96. The van der Waals surface area contributed by atoms with Crippen LogP contribution in [0.2, 0.25) is 0 Å². The van der Waals surface area contributed by atoms with E-state index in [9.17, 15) is 4.79 Å². The number of hydrogen-bond donors (Lipinski definition) is 1. The molecule has 3 aromatic rings. The largest absolute Gasteiger partial charge is 0.472 e. The summed E-state index contributed by atoms with van der Waals surface area (Å²) < 4.78 is 7.51. The Morgan fingerprint density at radius 1 is 1.15 bits per heavy atom. The van der Waals surface area contributed by atoms with E-state index in [1.165, 1.54) is 23.8 Å². The van der Waals surface area contributed by atoms with Crippen molar-refractivity contribution in [1.29, 1.82) is 0 Å². The molecule has 7 nitrogen and oxygen atoms in total. The Labute approximate surface area is 194 Å². The summed E-state index contributed by atoms with van der Waals surface area (Å²) in [6.07, 6.45) is 6.43. The highest BCUT2D eigenvalue weighted by Crippen LogP contribution is 2.38. The minimum Gasteiger partial charge on any atom is -0.472 e. The summed E-state index contributed by atoms with van der Waals surface area (Å²) in [6.45, 7) is 3.66. The molecular weight excluding hydrogens is 414 g/mol. The third-order valence-electron chi connectivity index (χ3n) is 6.91. The average molecular weight is 446 g/mol. The zero-order valence-corrected chi connectivity index (χ0v) is 19.5. The smallest absolute Gasteiger partial charge is 0.253 e. The predicted octanol–water partition coefficient (Wildman–Crippen LogP) is 3.76. The molecule has 2 unspecified atom stereocenters. The van der Waals surface area contributed by atoms with Gasteiger partial charge >= 0.3 is 0 Å². The number of anilines is 1. The highest BCUT2D eigenvalue weighted by atomic mass is 16.5. The molecule has 172 valence electrons. The van der Waals surface area contributed by atoms with Gasteiger partial charge in [0.15, 0.2) is 0 Å². The lowest BCUT2D eigenvalue weighted by Crippen LogP contribution is -2.32. The van der Waals surface area contributed by atoms with Crippen LogP contribution in [0.5, 0.6) is 5.88 Å². The van der Waals surface area contributed by atoms with E-state index in [-0.39, 0.29) is 5.56 Å². The molecule has 33 heavy (non-hydrogen) atoms. The van der Waals surface area contributed by atoms with Crippen LogP contribution in [0.3, 0.4) is 0 Å². The zero-order chi connectivity index (χ0) is 22.9. The number of benzene rings is 1. The number of fused-ring (bicyclic) bond motifs is 3. The van der Waals surface area contributed by atoms with Crippen LogP contribution in [0.4, 0.5) is 5.82 Å². The highest BCUT2D eigenvalue weighted by Gasteiger charge is 2.23. The van der Waals surface area contributed by atoms with Crippen molar-refractivity contribution >= 4 is 5.82 Å². The molecule has 1 fully saturated rings. The fraction of sp³-hybridized carbons (Fsp3) is 0.423. The quantitative estimate of drug-likeness (QED) is 0.623. The summed E-state index contributed by atoms with van der Waals surface area (Å²) in [5, 5.41) is 3.74. The third kappa shape index (κ3) is 4.37. The SMILES string of the molecule is CCC1CCC(CCN(C)c2ccc3c(n2)OCc2cc(-c4cc(=O)n(C)cn4)ccc2-3)N1. The molecule has 0 spiro atoms. The van der Waals surface area contributed by atoms with Crippen molar-refractivity contribution in [1.82, 2.24) is 19.9 Å². The van der Waals surface area contributed by atoms with Gasteiger partial charge in [0.25, 0.3) is 5.56 Å². The second-order valence-corrected chi connectivity index (χ2v) is 9.16. The van der Waals surface area contributed by atoms with Crippen molar-refractivity contribution in [2.45, 2.75) is 51.3 Å². The average Bonchev–Trinajstić information content (AvgIpc) is 3.31. The van der Waals surface area contributed by atoms with E-state index in [0.717, 1.165) is 41.0 Å². The Hall–Kier alpha value is -3.19. The van der Waals surface area contributed by atoms with Gasteiger partial charge < -0.3 is 19.5 Å². The van der Waals surface area contributed by atoms with Crippen LogP contribution in [0.25, 0.3) is 22.4 Å². The molecule has 0 aliphatic carbocycles. The van der Waals surface area contributed by atoms with E-state index < -0.39 is 0 Å². The fourth-order valence-corrected chi connectivity index (χ4v) is 4.78. The topological polar surface area (TPSA) is 72.3 Å². The van der Waals surface area contributed by atoms with Crippen LogP contribution in [0.1, 0.15) is 38.2 Å². The molecule has 1 saturated heterocycles. The Morgan fingerprint density at radius 2 is 1.97 bits per heavy atom. The molecule has 0 saturated carbocycles. The molecule has 7 heteroatoms. The Kier molecular flexibility index (Phi) is 5.89. The zero-order valence-electron chi connectivity index (χ0n) is 19.5. The van der Waals surface area contributed by atoms with Gasteiger partial charge in [-0.05, 0) is 55.0 Å². The molecule has 2 aromatic heterocycles. The van der Waals surface area contributed by atoms with Crippen LogP contribution in [0, 0.1) is 0 Å². The van der Waals surface area contributed by atoms with Gasteiger partial charge in [-0.1, -0.05) is 19.1 Å². The number of rotatable bonds is 6. The molecular formula is C26H31N5O2. The number of ether oxygens (including phenoxy) is 1. The summed E-state index contributed by atoms with van der Waals surface area (Å²) in [5.41, 5.74) is 4.70. The third-order valence-corrected chi connectivity index (χ3v) is 6.91. The van der Waals surface area contributed by atoms with Gasteiger partial charge in [0, 0.05) is 49.9 Å². The predicted molar refractivity (Wildman–Crippen MR) is 131 cm³/mol. The first-order valence-electron chi connectivity index (χ1n) is 11.8. The fourth-order valence-electron chi connectivity index (χ4n) is 4.78. The standard InChI is InChI=1S/C26H31N5O2/c1-4-19-6-7-20(28-19)11-12-30(2)24-10-9-22-21-8-5-17(13-18(21)15-33-26(22)29-24)23-14-25(32)31(3)16-27-23/h5,8-10,13-14,16,19-20,28H,4,6-7,11-12,15H2,1-3H3. The Balaban J connectivity index is 1.32. The number of nitrogens with zero attached hydrogens (tertiary/aromatic N) is 4. The van der Waals surface area contributed by atoms with Gasteiger partial charge in [-0.15, -0.1) is 0 Å². The number of aryl methyl sites for hydroxylation is 1. The van der Waals surface area contributed by atoms with Crippen LogP contribution in [-0.2, 0) is 13.7 Å². The first-order valence-corrected chi connectivity index (χ1v) is 11.8. The van der Waals surface area contributed by atoms with Gasteiger partial charge in [0.2, 0.25) is 5.88 Å². The van der Waals surface area contributed by atoms with E-state index in [0.29, 0.717) is 30.3 Å². The Morgan fingerprint density at radius 3 is 2.76 bits per heavy atom. The van der Waals surface area contributed by atoms with E-state index >= 15 is 0 Å². The molecule has 0 amide bonds. The number of hydrogen-bond acceptors (Lipinski definition) is 6. The van der Waals surface area contributed by atoms with E-state index in [1.54, 1.807) is 19.4 Å². The van der Waals surface area contributed by atoms with Gasteiger partial charge in [-0.25, -0.2) is 4.98 Å². The molecule has 1 N–H and O–H groups in total. The van der Waals surface area contributed by atoms with Gasteiger partial charge in [0.1, 0.15) is 12.4 Å². The highest BCUT2D eigenvalue weighted by molar-refractivity contribution is 5.77. The second-order valence-electron chi connectivity index (χ2n) is 9.16. The lowest BCUT2D eigenvalue weighted by Gasteiger charge is -2.24. The van der Waals surface area contributed by atoms with Crippen LogP contribution >= 0.6 is 0 Å². The van der Waals surface area contributed by atoms with Crippen molar-refractivity contribution in [3.05, 3.63) is 58.6 Å². The van der Waals surface area contributed by atoms with Crippen molar-refractivity contribution in [3.8, 4) is 28.3 Å². The van der Waals surface area contributed by atoms with Gasteiger partial charge in [0.05, 0.1) is 12.0 Å². The monoisotopic (exact) mass is 445 g/mol. The molecule has 5 rings (SSSR count). The molecule has 0 bridgehead atoms. The van der Waals surface area contributed by atoms with E-state index in [4.69, 9.17) is 9.72 Å². The maximum Gasteiger partial charge on any atom is 0.253 e. The minimum atomic E-state index is -0.0749. The summed E-state index contributed by atoms with van der Waals surface area (Å²) >= 11 is 0. The van der Waals surface area contributed by atoms with Crippen molar-refractivity contribution in [3.63, 3.8) is 0 Å². The molecule has 0 radical (unpaired) electrons. The molecule has 4 heterocycles.